The monoisotopic (exact) mass is 226 g/mol. The zero-order chi connectivity index (χ0) is 11.8. The molecule has 1 spiro atoms. The second kappa shape index (κ2) is 4.63. The highest BCUT2D eigenvalue weighted by atomic mass is 16.5. The topological polar surface area (TPSA) is 38.5 Å². The maximum atomic E-state index is 6.39. The molecular formula is C13H26N2O. The Hall–Kier alpha value is -0.120. The average Bonchev–Trinajstić information content (AvgIpc) is 2.46. The quantitative estimate of drug-likeness (QED) is 0.779. The van der Waals surface area contributed by atoms with Crippen molar-refractivity contribution in [2.24, 2.45) is 5.73 Å². The van der Waals surface area contributed by atoms with Crippen LogP contribution in [0.2, 0.25) is 0 Å². The van der Waals surface area contributed by atoms with Crippen LogP contribution in [-0.4, -0.2) is 41.8 Å². The SMILES string of the molecule is CCCN1CCC(N)C12C[C@@H](C)O[C@@H](C)C2. The van der Waals surface area contributed by atoms with Crippen molar-refractivity contribution in [3.8, 4) is 0 Å². The highest BCUT2D eigenvalue weighted by Crippen LogP contribution is 2.41. The lowest BCUT2D eigenvalue weighted by molar-refractivity contribution is -0.0987. The van der Waals surface area contributed by atoms with Gasteiger partial charge >= 0.3 is 0 Å². The Bertz CT molecular complexity index is 232. The molecule has 0 aromatic carbocycles. The summed E-state index contributed by atoms with van der Waals surface area (Å²) < 4.78 is 5.87. The van der Waals surface area contributed by atoms with Crippen molar-refractivity contribution in [2.45, 2.75) is 70.2 Å². The van der Waals surface area contributed by atoms with E-state index in [1.54, 1.807) is 0 Å². The van der Waals surface area contributed by atoms with Crippen LogP contribution in [0, 0.1) is 0 Å². The zero-order valence-corrected chi connectivity index (χ0v) is 10.9. The number of hydrogen-bond acceptors (Lipinski definition) is 3. The van der Waals surface area contributed by atoms with Gasteiger partial charge in [0.15, 0.2) is 0 Å². The van der Waals surface area contributed by atoms with E-state index in [0.717, 1.165) is 19.3 Å². The molecule has 2 heterocycles. The van der Waals surface area contributed by atoms with E-state index in [9.17, 15) is 0 Å². The van der Waals surface area contributed by atoms with Crippen LogP contribution in [0.1, 0.15) is 46.5 Å². The molecule has 4 atom stereocenters. The molecule has 0 amide bonds. The van der Waals surface area contributed by atoms with Crippen LogP contribution < -0.4 is 5.73 Å². The summed E-state index contributed by atoms with van der Waals surface area (Å²) >= 11 is 0. The van der Waals surface area contributed by atoms with Gasteiger partial charge in [-0.25, -0.2) is 0 Å². The second-order valence-electron chi connectivity index (χ2n) is 5.65. The van der Waals surface area contributed by atoms with E-state index in [-0.39, 0.29) is 5.54 Å². The van der Waals surface area contributed by atoms with E-state index < -0.39 is 0 Å². The Labute approximate surface area is 99.3 Å². The smallest absolute Gasteiger partial charge is 0.0568 e. The van der Waals surface area contributed by atoms with Crippen LogP contribution in [-0.2, 0) is 4.74 Å². The van der Waals surface area contributed by atoms with E-state index in [4.69, 9.17) is 10.5 Å². The average molecular weight is 226 g/mol. The Morgan fingerprint density at radius 3 is 2.50 bits per heavy atom. The summed E-state index contributed by atoms with van der Waals surface area (Å²) in [6, 6.07) is 0.341. The molecule has 2 unspecified atom stereocenters. The van der Waals surface area contributed by atoms with Crippen molar-refractivity contribution >= 4 is 0 Å². The molecule has 2 aliphatic rings. The van der Waals surface area contributed by atoms with Crippen LogP contribution in [0.4, 0.5) is 0 Å². The minimum absolute atomic E-state index is 0.229. The first kappa shape index (κ1) is 12.3. The molecule has 2 saturated heterocycles. The summed E-state index contributed by atoms with van der Waals surface area (Å²) in [4.78, 5) is 2.63. The molecule has 3 heteroatoms. The van der Waals surface area contributed by atoms with Crippen molar-refractivity contribution in [1.82, 2.24) is 4.90 Å². The third kappa shape index (κ3) is 2.01. The summed E-state index contributed by atoms with van der Waals surface area (Å²) in [6.45, 7) is 8.99. The summed E-state index contributed by atoms with van der Waals surface area (Å²) in [5, 5.41) is 0. The first-order valence-corrected chi connectivity index (χ1v) is 6.74. The minimum atomic E-state index is 0.229. The van der Waals surface area contributed by atoms with Gasteiger partial charge in [0.05, 0.1) is 12.2 Å². The zero-order valence-electron chi connectivity index (χ0n) is 10.9. The summed E-state index contributed by atoms with van der Waals surface area (Å²) in [5.41, 5.74) is 6.62. The van der Waals surface area contributed by atoms with Gasteiger partial charge in [0.25, 0.3) is 0 Å². The van der Waals surface area contributed by atoms with Gasteiger partial charge in [0.1, 0.15) is 0 Å². The highest BCUT2D eigenvalue weighted by Gasteiger charge is 2.50. The molecule has 2 N–H and O–H groups in total. The van der Waals surface area contributed by atoms with Crippen LogP contribution in [0.25, 0.3) is 0 Å². The van der Waals surface area contributed by atoms with Crippen molar-refractivity contribution in [2.75, 3.05) is 13.1 Å². The fraction of sp³-hybridized carbons (Fsp3) is 1.00. The van der Waals surface area contributed by atoms with Gasteiger partial charge in [-0.15, -0.1) is 0 Å². The van der Waals surface area contributed by atoms with E-state index >= 15 is 0 Å². The Morgan fingerprint density at radius 1 is 1.31 bits per heavy atom. The molecule has 2 rings (SSSR count). The maximum Gasteiger partial charge on any atom is 0.0568 e. The molecule has 0 saturated carbocycles. The molecule has 2 fully saturated rings. The summed E-state index contributed by atoms with van der Waals surface area (Å²) in [5.74, 6) is 0. The van der Waals surface area contributed by atoms with Crippen molar-refractivity contribution in [3.05, 3.63) is 0 Å². The number of likely N-dealkylation sites (tertiary alicyclic amines) is 1. The predicted octanol–water partition coefficient (Wildman–Crippen LogP) is 1.76. The molecule has 0 radical (unpaired) electrons. The van der Waals surface area contributed by atoms with Gasteiger partial charge in [-0.05, 0) is 46.1 Å². The normalized spacial score (nSPS) is 45.4. The van der Waals surface area contributed by atoms with Gasteiger partial charge in [0, 0.05) is 18.1 Å². The van der Waals surface area contributed by atoms with Gasteiger partial charge in [-0.2, -0.15) is 0 Å². The summed E-state index contributed by atoms with van der Waals surface area (Å²) in [7, 11) is 0. The van der Waals surface area contributed by atoms with Gasteiger partial charge < -0.3 is 10.5 Å². The summed E-state index contributed by atoms with van der Waals surface area (Å²) in [6.07, 6.45) is 5.30. The Morgan fingerprint density at radius 2 is 1.94 bits per heavy atom. The number of nitrogens with two attached hydrogens (primary N) is 1. The minimum Gasteiger partial charge on any atom is -0.375 e. The molecule has 16 heavy (non-hydrogen) atoms. The Kier molecular flexibility index (Phi) is 3.57. The molecule has 0 bridgehead atoms. The lowest BCUT2D eigenvalue weighted by Gasteiger charge is -2.48. The molecule has 0 aromatic heterocycles. The molecule has 0 aliphatic carbocycles. The van der Waals surface area contributed by atoms with Crippen molar-refractivity contribution in [3.63, 3.8) is 0 Å². The molecule has 2 aliphatic heterocycles. The van der Waals surface area contributed by atoms with Crippen LogP contribution >= 0.6 is 0 Å². The van der Waals surface area contributed by atoms with Crippen LogP contribution in [0.15, 0.2) is 0 Å². The maximum absolute atomic E-state index is 6.39. The number of ether oxygens (including phenoxy) is 1. The number of nitrogens with zero attached hydrogens (tertiary/aromatic N) is 1. The Balaban J connectivity index is 2.17. The highest BCUT2D eigenvalue weighted by molar-refractivity contribution is 5.07. The van der Waals surface area contributed by atoms with Gasteiger partial charge in [0.2, 0.25) is 0 Å². The van der Waals surface area contributed by atoms with E-state index in [2.05, 4.69) is 25.7 Å². The van der Waals surface area contributed by atoms with Crippen molar-refractivity contribution in [1.29, 1.82) is 0 Å². The fourth-order valence-corrected chi connectivity index (χ4v) is 3.76. The van der Waals surface area contributed by atoms with Crippen molar-refractivity contribution < 1.29 is 4.74 Å². The number of hydrogen-bond donors (Lipinski definition) is 1. The van der Waals surface area contributed by atoms with E-state index in [1.165, 1.54) is 19.5 Å². The van der Waals surface area contributed by atoms with Gasteiger partial charge in [-0.3, -0.25) is 4.90 Å². The lowest BCUT2D eigenvalue weighted by Crippen LogP contribution is -2.59. The predicted molar refractivity (Wildman–Crippen MR) is 66.4 cm³/mol. The van der Waals surface area contributed by atoms with Gasteiger partial charge in [-0.1, -0.05) is 6.92 Å². The van der Waals surface area contributed by atoms with Crippen LogP contribution in [0.3, 0.4) is 0 Å². The standard InChI is InChI=1S/C13H26N2O/c1-4-6-15-7-5-12(14)13(15)8-10(2)16-11(3)9-13/h10-12H,4-9,14H2,1-3H3/t10-,11+,12?,13?. The van der Waals surface area contributed by atoms with E-state index in [1.807, 2.05) is 0 Å². The van der Waals surface area contributed by atoms with Crippen LogP contribution in [0.5, 0.6) is 0 Å². The molecular weight excluding hydrogens is 200 g/mol. The fourth-order valence-electron chi connectivity index (χ4n) is 3.76. The first-order valence-electron chi connectivity index (χ1n) is 6.74. The molecule has 0 aromatic rings. The second-order valence-corrected chi connectivity index (χ2v) is 5.65. The molecule has 94 valence electrons. The number of rotatable bonds is 2. The largest absolute Gasteiger partial charge is 0.375 e. The first-order chi connectivity index (χ1) is 7.58. The lowest BCUT2D eigenvalue weighted by atomic mass is 9.79. The third-order valence-corrected chi connectivity index (χ3v) is 4.27. The third-order valence-electron chi connectivity index (χ3n) is 4.27. The molecule has 3 nitrogen and oxygen atoms in total. The van der Waals surface area contributed by atoms with E-state index in [0.29, 0.717) is 18.2 Å².